The van der Waals surface area contributed by atoms with Crippen LogP contribution in [0.25, 0.3) is 0 Å². The molecule has 1 aromatic rings. The van der Waals surface area contributed by atoms with Crippen molar-refractivity contribution in [3.63, 3.8) is 0 Å². The van der Waals surface area contributed by atoms with Gasteiger partial charge < -0.3 is 4.90 Å². The molecule has 1 amide bonds. The summed E-state index contributed by atoms with van der Waals surface area (Å²) in [5.41, 5.74) is 0. The lowest BCUT2D eigenvalue weighted by atomic mass is 10.1. The molecule has 3 heterocycles. The van der Waals surface area contributed by atoms with Crippen molar-refractivity contribution in [3.8, 4) is 0 Å². The molecule has 0 N–H and O–H groups in total. The number of rotatable bonds is 3. The van der Waals surface area contributed by atoms with Gasteiger partial charge in [0.05, 0.1) is 6.04 Å². The fourth-order valence-corrected chi connectivity index (χ4v) is 2.73. The fourth-order valence-electron chi connectivity index (χ4n) is 2.73. The van der Waals surface area contributed by atoms with E-state index in [1.807, 2.05) is 35.1 Å². The van der Waals surface area contributed by atoms with E-state index in [2.05, 4.69) is 10.00 Å². The Hall–Kier alpha value is -1.36. The largest absolute Gasteiger partial charge is 0.341 e. The van der Waals surface area contributed by atoms with Gasteiger partial charge >= 0.3 is 0 Å². The van der Waals surface area contributed by atoms with Crippen LogP contribution in [0.1, 0.15) is 18.9 Å². The highest BCUT2D eigenvalue weighted by Crippen LogP contribution is 2.24. The van der Waals surface area contributed by atoms with Crippen LogP contribution in [0.3, 0.4) is 0 Å². The minimum atomic E-state index is 0.291. The topological polar surface area (TPSA) is 41.4 Å². The molecule has 5 heteroatoms. The molecule has 1 aromatic heterocycles. The van der Waals surface area contributed by atoms with E-state index in [1.54, 1.807) is 0 Å². The number of likely N-dealkylation sites (tertiary alicyclic amines) is 2. The zero-order valence-electron chi connectivity index (χ0n) is 10.1. The van der Waals surface area contributed by atoms with Crippen LogP contribution in [-0.2, 0) is 4.79 Å². The maximum Gasteiger partial charge on any atom is 0.222 e. The maximum absolute atomic E-state index is 11.4. The lowest BCUT2D eigenvalue weighted by Gasteiger charge is -2.41. The molecule has 2 fully saturated rings. The smallest absolute Gasteiger partial charge is 0.222 e. The summed E-state index contributed by atoms with van der Waals surface area (Å²) in [6.07, 6.45) is 5.58. The van der Waals surface area contributed by atoms with Gasteiger partial charge in [0, 0.05) is 51.5 Å². The van der Waals surface area contributed by atoms with Gasteiger partial charge in [0.15, 0.2) is 0 Å². The van der Waals surface area contributed by atoms with Gasteiger partial charge in [0.2, 0.25) is 5.91 Å². The molecule has 2 aliphatic rings. The molecule has 0 radical (unpaired) electrons. The van der Waals surface area contributed by atoms with Crippen LogP contribution in [0.2, 0.25) is 0 Å². The van der Waals surface area contributed by atoms with Crippen molar-refractivity contribution in [1.29, 1.82) is 0 Å². The lowest BCUT2D eigenvalue weighted by molar-refractivity contribution is -0.128. The average Bonchev–Trinajstić information content (AvgIpc) is 2.86. The molecule has 0 spiro atoms. The van der Waals surface area contributed by atoms with Gasteiger partial charge in [-0.25, -0.2) is 0 Å². The molecule has 17 heavy (non-hydrogen) atoms. The third-order valence-electron chi connectivity index (χ3n) is 3.94. The van der Waals surface area contributed by atoms with E-state index >= 15 is 0 Å². The molecular formula is C12H18N4O. The van der Waals surface area contributed by atoms with Crippen molar-refractivity contribution in [2.45, 2.75) is 24.9 Å². The molecule has 3 rings (SSSR count). The number of amides is 1. The van der Waals surface area contributed by atoms with E-state index in [9.17, 15) is 4.79 Å². The molecule has 0 saturated carbocycles. The minimum Gasteiger partial charge on any atom is -0.341 e. The Labute approximate surface area is 101 Å². The standard InChI is InChI=1S/C12H18N4O/c1-14-10(3-4-12(14)17)7-15-8-11(9-15)16-6-2-5-13-16/h2,5-6,10-11H,3-4,7-9H2,1H3. The number of carbonyl (C=O) groups is 1. The highest BCUT2D eigenvalue weighted by molar-refractivity contribution is 5.78. The number of aromatic nitrogens is 2. The Morgan fingerprint density at radius 2 is 2.29 bits per heavy atom. The third-order valence-corrected chi connectivity index (χ3v) is 3.94. The van der Waals surface area contributed by atoms with Crippen LogP contribution in [-0.4, -0.2) is 58.2 Å². The van der Waals surface area contributed by atoms with Gasteiger partial charge in [-0.2, -0.15) is 5.10 Å². The summed E-state index contributed by atoms with van der Waals surface area (Å²) in [5, 5.41) is 4.26. The highest BCUT2D eigenvalue weighted by Gasteiger charge is 2.34. The second-order valence-corrected chi connectivity index (χ2v) is 5.06. The zero-order chi connectivity index (χ0) is 11.8. The van der Waals surface area contributed by atoms with Gasteiger partial charge in [-0.3, -0.25) is 14.4 Å². The van der Waals surface area contributed by atoms with Gasteiger partial charge in [-0.05, 0) is 12.5 Å². The highest BCUT2D eigenvalue weighted by atomic mass is 16.2. The molecule has 1 atom stereocenters. The van der Waals surface area contributed by atoms with E-state index in [1.165, 1.54) is 0 Å². The molecule has 5 nitrogen and oxygen atoms in total. The van der Waals surface area contributed by atoms with Crippen molar-refractivity contribution >= 4 is 5.91 Å². The maximum atomic E-state index is 11.4. The van der Waals surface area contributed by atoms with E-state index in [0.717, 1.165) is 32.5 Å². The monoisotopic (exact) mass is 234 g/mol. The molecule has 2 aliphatic heterocycles. The average molecular weight is 234 g/mol. The number of hydrogen-bond donors (Lipinski definition) is 0. The van der Waals surface area contributed by atoms with Gasteiger partial charge in [-0.15, -0.1) is 0 Å². The van der Waals surface area contributed by atoms with Crippen LogP contribution in [0, 0.1) is 0 Å². The number of carbonyl (C=O) groups excluding carboxylic acids is 1. The fraction of sp³-hybridized carbons (Fsp3) is 0.667. The lowest BCUT2D eigenvalue weighted by Crippen LogP contribution is -2.52. The zero-order valence-corrected chi connectivity index (χ0v) is 10.1. The van der Waals surface area contributed by atoms with Crippen molar-refractivity contribution in [2.75, 3.05) is 26.7 Å². The summed E-state index contributed by atoms with van der Waals surface area (Å²) in [6, 6.07) is 2.90. The van der Waals surface area contributed by atoms with Crippen LogP contribution >= 0.6 is 0 Å². The Morgan fingerprint density at radius 1 is 1.47 bits per heavy atom. The molecule has 2 saturated heterocycles. The van der Waals surface area contributed by atoms with E-state index in [4.69, 9.17) is 0 Å². The summed E-state index contributed by atoms with van der Waals surface area (Å²) in [7, 11) is 1.92. The molecular weight excluding hydrogens is 216 g/mol. The molecule has 92 valence electrons. The second kappa shape index (κ2) is 4.14. The Balaban J connectivity index is 1.49. The molecule has 1 unspecified atom stereocenters. The summed E-state index contributed by atoms with van der Waals surface area (Å²) < 4.78 is 2.03. The molecule has 0 bridgehead atoms. The predicted octanol–water partition coefficient (Wildman–Crippen LogP) is 0.361. The normalized spacial score (nSPS) is 26.5. The second-order valence-electron chi connectivity index (χ2n) is 5.06. The third kappa shape index (κ3) is 1.95. The Morgan fingerprint density at radius 3 is 2.88 bits per heavy atom. The van der Waals surface area contributed by atoms with Gasteiger partial charge in [0.1, 0.15) is 0 Å². The van der Waals surface area contributed by atoms with Gasteiger partial charge in [-0.1, -0.05) is 0 Å². The molecule has 0 aromatic carbocycles. The summed E-state index contributed by atoms with van der Waals surface area (Å²) in [6.45, 7) is 3.13. The molecule has 0 aliphatic carbocycles. The summed E-state index contributed by atoms with van der Waals surface area (Å²) in [4.78, 5) is 15.7. The Bertz CT molecular complexity index is 397. The summed E-state index contributed by atoms with van der Waals surface area (Å²) >= 11 is 0. The van der Waals surface area contributed by atoms with Crippen molar-refractivity contribution in [3.05, 3.63) is 18.5 Å². The van der Waals surface area contributed by atoms with Crippen LogP contribution in [0.15, 0.2) is 18.5 Å². The van der Waals surface area contributed by atoms with Crippen molar-refractivity contribution < 1.29 is 4.79 Å². The van der Waals surface area contributed by atoms with E-state index in [-0.39, 0.29) is 0 Å². The SMILES string of the molecule is CN1C(=O)CCC1CN1CC(n2cccn2)C1. The van der Waals surface area contributed by atoms with Crippen molar-refractivity contribution in [2.24, 2.45) is 0 Å². The number of likely N-dealkylation sites (N-methyl/N-ethyl adjacent to an activating group) is 1. The van der Waals surface area contributed by atoms with Crippen molar-refractivity contribution in [1.82, 2.24) is 19.6 Å². The van der Waals surface area contributed by atoms with Crippen LogP contribution in [0.5, 0.6) is 0 Å². The van der Waals surface area contributed by atoms with E-state index in [0.29, 0.717) is 18.0 Å². The summed E-state index contributed by atoms with van der Waals surface area (Å²) in [5.74, 6) is 0.291. The quantitative estimate of drug-likeness (QED) is 0.758. The van der Waals surface area contributed by atoms with E-state index < -0.39 is 0 Å². The first-order valence-corrected chi connectivity index (χ1v) is 6.21. The van der Waals surface area contributed by atoms with Gasteiger partial charge in [0.25, 0.3) is 0 Å². The minimum absolute atomic E-state index is 0.291. The van der Waals surface area contributed by atoms with Crippen LogP contribution in [0.4, 0.5) is 0 Å². The number of hydrogen-bond acceptors (Lipinski definition) is 3. The first-order valence-electron chi connectivity index (χ1n) is 6.21. The Kier molecular flexibility index (Phi) is 2.63. The first-order chi connectivity index (χ1) is 8.24. The first kappa shape index (κ1) is 10.8. The predicted molar refractivity (Wildman–Crippen MR) is 63.5 cm³/mol. The van der Waals surface area contributed by atoms with Crippen LogP contribution < -0.4 is 0 Å². The number of nitrogens with zero attached hydrogens (tertiary/aromatic N) is 4.